The predicted molar refractivity (Wildman–Crippen MR) is 220 cm³/mol. The van der Waals surface area contributed by atoms with E-state index in [1.165, 1.54) is 32.7 Å². The summed E-state index contributed by atoms with van der Waals surface area (Å²) >= 11 is 0. The van der Waals surface area contributed by atoms with Gasteiger partial charge in [-0.25, -0.2) is 0 Å². The third-order valence-corrected chi connectivity index (χ3v) is 11.1. The first-order chi connectivity index (χ1) is 26.3. The molecule has 0 aliphatic heterocycles. The molecule has 246 valence electrons. The van der Waals surface area contributed by atoms with Gasteiger partial charge >= 0.3 is 0 Å². The van der Waals surface area contributed by atoms with Gasteiger partial charge in [-0.05, 0) is 74.6 Å². The quantitative estimate of drug-likeness (QED) is 0.175. The highest BCUT2D eigenvalue weighted by Gasteiger charge is 2.24. The fraction of sp³-hybridized carbons (Fsp3) is 0. The molecule has 12 aromatic rings. The van der Waals surface area contributed by atoms with Gasteiger partial charge in [0.15, 0.2) is 0 Å². The van der Waals surface area contributed by atoms with Gasteiger partial charge < -0.3 is 13.3 Å². The standard InChI is InChI=1S/C50H28O3/c1-3-16-36-34(14-1)46(35-15-2-4-17-37(35)47(36)41-20-11-19-38-32-13-6-9-22-43(32)52-49(38)41)40-27-26-30(50-48(40)39-18-7-10-23-44(39)53-50)29-24-25-33-31-12-5-8-21-42(31)51-45(33)28-29/h1-28H. The van der Waals surface area contributed by atoms with Crippen molar-refractivity contribution in [2.24, 2.45) is 0 Å². The van der Waals surface area contributed by atoms with Crippen LogP contribution in [0.1, 0.15) is 0 Å². The minimum absolute atomic E-state index is 0.864. The van der Waals surface area contributed by atoms with Crippen molar-refractivity contribution in [3.63, 3.8) is 0 Å². The van der Waals surface area contributed by atoms with Gasteiger partial charge in [-0.1, -0.05) is 133 Å². The molecular weight excluding hydrogens is 649 g/mol. The SMILES string of the molecule is c1ccc2c(c1)oc1cc(-c3ccc(-c4c5ccccc5c(-c5cccc6c5oc5ccccc56)c5ccccc45)c4c3oc3ccccc34)ccc12. The van der Waals surface area contributed by atoms with E-state index in [2.05, 4.69) is 146 Å². The van der Waals surface area contributed by atoms with Crippen LogP contribution in [0.25, 0.3) is 121 Å². The van der Waals surface area contributed by atoms with Crippen LogP contribution >= 0.6 is 0 Å². The number of fused-ring (bicyclic) bond motifs is 11. The molecule has 0 saturated heterocycles. The van der Waals surface area contributed by atoms with E-state index in [4.69, 9.17) is 13.3 Å². The summed E-state index contributed by atoms with van der Waals surface area (Å²) in [6, 6.07) is 60.0. The van der Waals surface area contributed by atoms with Crippen molar-refractivity contribution in [2.45, 2.75) is 0 Å². The molecule has 3 heterocycles. The average molecular weight is 677 g/mol. The van der Waals surface area contributed by atoms with Gasteiger partial charge in [-0.15, -0.1) is 0 Å². The van der Waals surface area contributed by atoms with E-state index in [0.717, 1.165) is 88.1 Å². The van der Waals surface area contributed by atoms with Crippen LogP contribution in [0.3, 0.4) is 0 Å². The molecule has 0 saturated carbocycles. The molecule has 0 N–H and O–H groups in total. The van der Waals surface area contributed by atoms with Gasteiger partial charge in [0, 0.05) is 49.0 Å². The Labute approximate surface area is 302 Å². The monoisotopic (exact) mass is 676 g/mol. The molecule has 0 aliphatic carbocycles. The van der Waals surface area contributed by atoms with E-state index >= 15 is 0 Å². The first-order valence-corrected chi connectivity index (χ1v) is 18.0. The number of rotatable bonds is 3. The van der Waals surface area contributed by atoms with Crippen molar-refractivity contribution in [1.82, 2.24) is 0 Å². The summed E-state index contributed by atoms with van der Waals surface area (Å²) in [5.74, 6) is 0. The highest BCUT2D eigenvalue weighted by Crippen LogP contribution is 2.50. The largest absolute Gasteiger partial charge is 0.456 e. The van der Waals surface area contributed by atoms with E-state index in [-0.39, 0.29) is 0 Å². The van der Waals surface area contributed by atoms with Crippen molar-refractivity contribution in [3.8, 4) is 33.4 Å². The molecule has 0 amide bonds. The molecule has 3 heteroatoms. The third kappa shape index (κ3) is 3.99. The fourth-order valence-electron chi connectivity index (χ4n) is 8.81. The topological polar surface area (TPSA) is 39.4 Å². The zero-order chi connectivity index (χ0) is 34.6. The van der Waals surface area contributed by atoms with E-state index in [1.54, 1.807) is 0 Å². The van der Waals surface area contributed by atoms with Crippen molar-refractivity contribution < 1.29 is 13.3 Å². The van der Waals surface area contributed by atoms with Gasteiger partial charge in [-0.2, -0.15) is 0 Å². The fourth-order valence-corrected chi connectivity index (χ4v) is 8.81. The molecule has 0 bridgehead atoms. The normalized spacial score (nSPS) is 12.2. The molecule has 0 fully saturated rings. The number of hydrogen-bond acceptors (Lipinski definition) is 3. The number of para-hydroxylation sites is 4. The molecule has 3 aromatic heterocycles. The van der Waals surface area contributed by atoms with Gasteiger partial charge in [-0.3, -0.25) is 0 Å². The summed E-state index contributed by atoms with van der Waals surface area (Å²) in [4.78, 5) is 0. The smallest absolute Gasteiger partial charge is 0.143 e. The Bertz CT molecular complexity index is 3410. The Morgan fingerprint density at radius 3 is 1.42 bits per heavy atom. The molecule has 0 aliphatic rings. The number of benzene rings is 9. The first kappa shape index (κ1) is 28.6. The minimum atomic E-state index is 0.864. The Morgan fingerprint density at radius 1 is 0.264 bits per heavy atom. The molecule has 53 heavy (non-hydrogen) atoms. The summed E-state index contributed by atoms with van der Waals surface area (Å²) in [7, 11) is 0. The maximum absolute atomic E-state index is 6.82. The Balaban J connectivity index is 1.17. The Morgan fingerprint density at radius 2 is 0.736 bits per heavy atom. The Kier molecular flexibility index (Phi) is 5.77. The molecule has 0 atom stereocenters. The minimum Gasteiger partial charge on any atom is -0.456 e. The van der Waals surface area contributed by atoms with Crippen LogP contribution in [0.15, 0.2) is 183 Å². The summed E-state index contributed by atoms with van der Waals surface area (Å²) < 4.78 is 19.8. The van der Waals surface area contributed by atoms with Gasteiger partial charge in [0.25, 0.3) is 0 Å². The van der Waals surface area contributed by atoms with E-state index in [1.807, 2.05) is 24.3 Å². The van der Waals surface area contributed by atoms with Crippen molar-refractivity contribution in [1.29, 1.82) is 0 Å². The van der Waals surface area contributed by atoms with Crippen LogP contribution in [-0.2, 0) is 0 Å². The molecular formula is C50H28O3. The molecule has 0 radical (unpaired) electrons. The molecule has 12 rings (SSSR count). The van der Waals surface area contributed by atoms with Gasteiger partial charge in [0.1, 0.15) is 33.5 Å². The number of hydrogen-bond donors (Lipinski definition) is 0. The highest BCUT2D eigenvalue weighted by molar-refractivity contribution is 6.28. The Hall–Kier alpha value is -7.10. The van der Waals surface area contributed by atoms with Crippen LogP contribution in [0, 0.1) is 0 Å². The molecule has 0 spiro atoms. The predicted octanol–water partition coefficient (Wildman–Crippen LogP) is 14.7. The van der Waals surface area contributed by atoms with Crippen LogP contribution in [0.5, 0.6) is 0 Å². The molecule has 9 aromatic carbocycles. The number of furan rings is 3. The zero-order valence-electron chi connectivity index (χ0n) is 28.4. The molecule has 3 nitrogen and oxygen atoms in total. The second-order valence-corrected chi connectivity index (χ2v) is 13.9. The van der Waals surface area contributed by atoms with E-state index < -0.39 is 0 Å². The summed E-state index contributed by atoms with van der Waals surface area (Å²) in [6.45, 7) is 0. The zero-order valence-corrected chi connectivity index (χ0v) is 28.4. The summed E-state index contributed by atoms with van der Waals surface area (Å²) in [6.07, 6.45) is 0. The highest BCUT2D eigenvalue weighted by atomic mass is 16.3. The van der Waals surface area contributed by atoms with Crippen LogP contribution in [-0.4, -0.2) is 0 Å². The lowest BCUT2D eigenvalue weighted by molar-refractivity contribution is 0.668. The lowest BCUT2D eigenvalue weighted by atomic mass is 9.84. The lowest BCUT2D eigenvalue weighted by Gasteiger charge is -2.19. The molecule has 0 unspecified atom stereocenters. The second-order valence-electron chi connectivity index (χ2n) is 13.9. The van der Waals surface area contributed by atoms with Gasteiger partial charge in [0.05, 0.1) is 0 Å². The lowest BCUT2D eigenvalue weighted by Crippen LogP contribution is -1.92. The maximum atomic E-state index is 6.82. The van der Waals surface area contributed by atoms with Crippen LogP contribution in [0.4, 0.5) is 0 Å². The van der Waals surface area contributed by atoms with E-state index in [0.29, 0.717) is 0 Å². The second kappa shape index (κ2) is 10.7. The maximum Gasteiger partial charge on any atom is 0.143 e. The summed E-state index contributed by atoms with van der Waals surface area (Å²) in [5.41, 5.74) is 12.0. The van der Waals surface area contributed by atoms with Crippen LogP contribution < -0.4 is 0 Å². The van der Waals surface area contributed by atoms with Gasteiger partial charge in [0.2, 0.25) is 0 Å². The summed E-state index contributed by atoms with van der Waals surface area (Å²) in [5, 5.41) is 11.4. The van der Waals surface area contributed by atoms with Crippen molar-refractivity contribution >= 4 is 87.4 Å². The van der Waals surface area contributed by atoms with E-state index in [9.17, 15) is 0 Å². The average Bonchev–Trinajstić information content (AvgIpc) is 3.91. The first-order valence-electron chi connectivity index (χ1n) is 18.0. The third-order valence-electron chi connectivity index (χ3n) is 11.1. The van der Waals surface area contributed by atoms with Crippen molar-refractivity contribution in [3.05, 3.63) is 170 Å². The van der Waals surface area contributed by atoms with Crippen molar-refractivity contribution in [2.75, 3.05) is 0 Å². The van der Waals surface area contributed by atoms with Crippen LogP contribution in [0.2, 0.25) is 0 Å².